The molecule has 0 spiro atoms. The normalized spacial score (nSPS) is 21.1. The van der Waals surface area contributed by atoms with Crippen molar-refractivity contribution in [2.24, 2.45) is 11.7 Å². The molecule has 0 aromatic carbocycles. The van der Waals surface area contributed by atoms with E-state index >= 15 is 0 Å². The van der Waals surface area contributed by atoms with Crippen molar-refractivity contribution in [3.63, 3.8) is 0 Å². The van der Waals surface area contributed by atoms with Gasteiger partial charge in [-0.25, -0.2) is 0 Å². The van der Waals surface area contributed by atoms with Crippen LogP contribution in [0.5, 0.6) is 0 Å². The summed E-state index contributed by atoms with van der Waals surface area (Å²) >= 11 is 0. The van der Waals surface area contributed by atoms with Gasteiger partial charge in [-0.15, -0.1) is 0 Å². The van der Waals surface area contributed by atoms with Crippen molar-refractivity contribution in [2.75, 3.05) is 13.1 Å². The van der Waals surface area contributed by atoms with Gasteiger partial charge >= 0.3 is 0 Å². The van der Waals surface area contributed by atoms with E-state index in [2.05, 4.69) is 4.98 Å². The second kappa shape index (κ2) is 5.06. The highest BCUT2D eigenvalue weighted by atomic mass is 16.2. The first-order valence-corrected chi connectivity index (χ1v) is 6.48. The minimum Gasteiger partial charge on any atom is -0.338 e. The van der Waals surface area contributed by atoms with Crippen LogP contribution < -0.4 is 5.73 Å². The van der Waals surface area contributed by atoms with E-state index in [1.165, 1.54) is 0 Å². The number of nitrogens with zero attached hydrogens (tertiary/aromatic N) is 2. The average molecular weight is 247 g/mol. The molecule has 18 heavy (non-hydrogen) atoms. The maximum absolute atomic E-state index is 12.4. The fourth-order valence-electron chi connectivity index (χ4n) is 2.48. The summed E-state index contributed by atoms with van der Waals surface area (Å²) in [5.41, 5.74) is 8.36. The Kier molecular flexibility index (Phi) is 3.66. The zero-order valence-electron chi connectivity index (χ0n) is 11.3. The molecule has 4 heteroatoms. The number of amides is 1. The Bertz CT molecular complexity index is 456. The third kappa shape index (κ3) is 2.53. The zero-order chi connectivity index (χ0) is 13.3. The van der Waals surface area contributed by atoms with Gasteiger partial charge in [-0.2, -0.15) is 0 Å². The van der Waals surface area contributed by atoms with Crippen LogP contribution in [0.3, 0.4) is 0 Å². The molecule has 98 valence electrons. The molecule has 1 aliphatic heterocycles. The summed E-state index contributed by atoms with van der Waals surface area (Å²) < 4.78 is 0. The highest BCUT2D eigenvalue weighted by Gasteiger charge is 2.29. The van der Waals surface area contributed by atoms with Crippen LogP contribution in [0.2, 0.25) is 0 Å². The molecular weight excluding hydrogens is 226 g/mol. The molecule has 0 aliphatic carbocycles. The summed E-state index contributed by atoms with van der Waals surface area (Å²) in [7, 11) is 0. The summed E-state index contributed by atoms with van der Waals surface area (Å²) in [6, 6.07) is 3.92. The third-order valence-corrected chi connectivity index (χ3v) is 3.71. The quantitative estimate of drug-likeness (QED) is 0.861. The number of likely N-dealkylation sites (tertiary alicyclic amines) is 1. The molecule has 1 amide bonds. The van der Waals surface area contributed by atoms with Gasteiger partial charge in [-0.05, 0) is 45.2 Å². The van der Waals surface area contributed by atoms with Crippen molar-refractivity contribution >= 4 is 5.91 Å². The lowest BCUT2D eigenvalue weighted by molar-refractivity contribution is 0.0784. The largest absolute Gasteiger partial charge is 0.338 e. The fourth-order valence-corrected chi connectivity index (χ4v) is 2.48. The van der Waals surface area contributed by atoms with Crippen LogP contribution in [0.1, 0.15) is 35.1 Å². The third-order valence-electron chi connectivity index (χ3n) is 3.71. The summed E-state index contributed by atoms with van der Waals surface area (Å²) in [6.07, 6.45) is 1.00. The predicted molar refractivity (Wildman–Crippen MR) is 71.4 cm³/mol. The first kappa shape index (κ1) is 13.0. The number of rotatable bonds is 2. The maximum atomic E-state index is 12.4. The Balaban J connectivity index is 2.13. The molecule has 1 saturated heterocycles. The van der Waals surface area contributed by atoms with Crippen LogP contribution in [0.25, 0.3) is 0 Å². The Morgan fingerprint density at radius 1 is 1.50 bits per heavy atom. The summed E-state index contributed by atoms with van der Waals surface area (Å²) in [6.45, 7) is 7.40. The van der Waals surface area contributed by atoms with E-state index in [9.17, 15) is 4.79 Å². The Hall–Kier alpha value is -1.42. The van der Waals surface area contributed by atoms with Crippen LogP contribution in [-0.4, -0.2) is 34.9 Å². The topological polar surface area (TPSA) is 59.2 Å². The SMILES string of the molecule is Cc1ccc(C(=O)N2CCC(C(C)N)C2)c(C)n1. The van der Waals surface area contributed by atoms with Gasteiger partial charge in [-0.1, -0.05) is 0 Å². The molecule has 2 unspecified atom stereocenters. The molecule has 1 aromatic rings. The van der Waals surface area contributed by atoms with E-state index in [-0.39, 0.29) is 11.9 Å². The first-order valence-electron chi connectivity index (χ1n) is 6.48. The Labute approximate surface area is 108 Å². The van der Waals surface area contributed by atoms with Gasteiger partial charge in [0, 0.05) is 24.8 Å². The number of pyridine rings is 1. The minimum atomic E-state index is 0.0863. The second-order valence-corrected chi connectivity index (χ2v) is 5.24. The number of carbonyl (C=O) groups excluding carboxylic acids is 1. The lowest BCUT2D eigenvalue weighted by atomic mass is 10.0. The molecule has 1 fully saturated rings. The standard InChI is InChI=1S/C14H21N3O/c1-9-4-5-13(11(3)16-9)14(18)17-7-6-12(8-17)10(2)15/h4-5,10,12H,6-8,15H2,1-3H3. The van der Waals surface area contributed by atoms with Gasteiger partial charge in [0.25, 0.3) is 5.91 Å². The molecule has 0 bridgehead atoms. The smallest absolute Gasteiger partial charge is 0.255 e. The summed E-state index contributed by atoms with van der Waals surface area (Å²) in [4.78, 5) is 18.6. The number of hydrogen-bond acceptors (Lipinski definition) is 3. The molecular formula is C14H21N3O. The molecule has 2 atom stereocenters. The molecule has 0 saturated carbocycles. The van der Waals surface area contributed by atoms with Crippen LogP contribution >= 0.6 is 0 Å². The van der Waals surface area contributed by atoms with E-state index in [1.807, 2.05) is 37.8 Å². The van der Waals surface area contributed by atoms with E-state index in [1.54, 1.807) is 0 Å². The van der Waals surface area contributed by atoms with Gasteiger partial charge < -0.3 is 10.6 Å². The van der Waals surface area contributed by atoms with Gasteiger partial charge in [0.1, 0.15) is 0 Å². The van der Waals surface area contributed by atoms with E-state index in [0.717, 1.165) is 30.9 Å². The van der Waals surface area contributed by atoms with E-state index < -0.39 is 0 Å². The number of carbonyl (C=O) groups is 1. The molecule has 1 aromatic heterocycles. The minimum absolute atomic E-state index is 0.0863. The average Bonchev–Trinajstić information content (AvgIpc) is 2.77. The van der Waals surface area contributed by atoms with Gasteiger partial charge in [0.2, 0.25) is 0 Å². The lowest BCUT2D eigenvalue weighted by Gasteiger charge is -2.19. The van der Waals surface area contributed by atoms with Gasteiger partial charge in [0.15, 0.2) is 0 Å². The zero-order valence-corrected chi connectivity index (χ0v) is 11.3. The van der Waals surface area contributed by atoms with Crippen molar-refractivity contribution in [1.82, 2.24) is 9.88 Å². The molecule has 2 N–H and O–H groups in total. The highest BCUT2D eigenvalue weighted by Crippen LogP contribution is 2.21. The summed E-state index contributed by atoms with van der Waals surface area (Å²) in [5, 5.41) is 0. The number of hydrogen-bond donors (Lipinski definition) is 1. The van der Waals surface area contributed by atoms with Gasteiger partial charge in [-0.3, -0.25) is 9.78 Å². The van der Waals surface area contributed by atoms with Crippen LogP contribution in [-0.2, 0) is 0 Å². The van der Waals surface area contributed by atoms with Gasteiger partial charge in [0.05, 0.1) is 11.3 Å². The monoisotopic (exact) mass is 247 g/mol. The van der Waals surface area contributed by atoms with Crippen molar-refractivity contribution in [3.8, 4) is 0 Å². The maximum Gasteiger partial charge on any atom is 0.255 e. The summed E-state index contributed by atoms with van der Waals surface area (Å²) in [5.74, 6) is 0.510. The second-order valence-electron chi connectivity index (χ2n) is 5.24. The molecule has 1 aliphatic rings. The van der Waals surface area contributed by atoms with Crippen molar-refractivity contribution in [1.29, 1.82) is 0 Å². The van der Waals surface area contributed by atoms with Crippen molar-refractivity contribution in [3.05, 3.63) is 29.1 Å². The molecule has 4 nitrogen and oxygen atoms in total. The lowest BCUT2D eigenvalue weighted by Crippen LogP contribution is -2.33. The first-order chi connectivity index (χ1) is 8.49. The number of aryl methyl sites for hydroxylation is 2. The number of nitrogens with two attached hydrogens (primary N) is 1. The van der Waals surface area contributed by atoms with Crippen LogP contribution in [0.15, 0.2) is 12.1 Å². The van der Waals surface area contributed by atoms with E-state index in [4.69, 9.17) is 5.73 Å². The fraction of sp³-hybridized carbons (Fsp3) is 0.571. The Morgan fingerprint density at radius 3 is 2.78 bits per heavy atom. The molecule has 2 heterocycles. The Morgan fingerprint density at radius 2 is 2.22 bits per heavy atom. The highest BCUT2D eigenvalue weighted by molar-refractivity contribution is 5.95. The van der Waals surface area contributed by atoms with Crippen LogP contribution in [0.4, 0.5) is 0 Å². The predicted octanol–water partition coefficient (Wildman–Crippen LogP) is 1.51. The van der Waals surface area contributed by atoms with Crippen LogP contribution in [0, 0.1) is 19.8 Å². The van der Waals surface area contributed by atoms with Crippen molar-refractivity contribution in [2.45, 2.75) is 33.2 Å². The van der Waals surface area contributed by atoms with E-state index in [0.29, 0.717) is 11.5 Å². The molecule has 2 rings (SSSR count). The number of aromatic nitrogens is 1. The molecule has 0 radical (unpaired) electrons. The van der Waals surface area contributed by atoms with Crippen molar-refractivity contribution < 1.29 is 4.79 Å².